The fraction of sp³-hybridized carbons (Fsp3) is 0. The van der Waals surface area contributed by atoms with Crippen LogP contribution < -0.4 is 0 Å². The van der Waals surface area contributed by atoms with Crippen molar-refractivity contribution in [1.29, 1.82) is 0 Å². The summed E-state index contributed by atoms with van der Waals surface area (Å²) in [6.45, 7) is 0. The molecule has 2 nitrogen and oxygen atoms in total. The Bertz CT molecular complexity index is 4470. The molecule has 3 heterocycles. The minimum absolute atomic E-state index is 0.871. The fourth-order valence-electron chi connectivity index (χ4n) is 11.4. The van der Waals surface area contributed by atoms with Crippen LogP contribution >= 0.6 is 11.3 Å². The Labute approximate surface area is 388 Å². The second kappa shape index (κ2) is 14.0. The fourth-order valence-corrected chi connectivity index (χ4v) is 12.5. The minimum atomic E-state index is 0.871. The lowest BCUT2D eigenvalue weighted by molar-refractivity contribution is 0.668. The molecule has 0 aliphatic carbocycles. The first kappa shape index (κ1) is 36.8. The molecule has 0 saturated carbocycles. The maximum absolute atomic E-state index is 6.94. The molecular weight excluding hydrogens is 833 g/mol. The monoisotopic (exact) mass is 868 g/mol. The third-order valence-corrected chi connectivity index (χ3v) is 15.4. The molecule has 15 aromatic rings. The molecule has 0 unspecified atom stereocenters. The Morgan fingerprint density at radius 1 is 0.239 bits per heavy atom. The number of hydrogen-bond acceptors (Lipinski definition) is 3. The molecule has 0 aliphatic rings. The summed E-state index contributed by atoms with van der Waals surface area (Å²) in [7, 11) is 0. The molecule has 0 fully saturated rings. The Morgan fingerprint density at radius 3 is 1.30 bits per heavy atom. The first-order chi connectivity index (χ1) is 33.2. The van der Waals surface area contributed by atoms with Crippen molar-refractivity contribution in [1.82, 2.24) is 0 Å². The van der Waals surface area contributed by atoms with Crippen molar-refractivity contribution in [3.05, 3.63) is 218 Å². The highest BCUT2D eigenvalue weighted by molar-refractivity contribution is 7.25. The number of hydrogen-bond donors (Lipinski definition) is 0. The van der Waals surface area contributed by atoms with Gasteiger partial charge in [0.05, 0.1) is 0 Å². The van der Waals surface area contributed by atoms with Gasteiger partial charge in [-0.25, -0.2) is 0 Å². The Morgan fingerprint density at radius 2 is 0.672 bits per heavy atom. The van der Waals surface area contributed by atoms with Gasteiger partial charge in [-0.1, -0.05) is 164 Å². The third kappa shape index (κ3) is 5.32. The molecule has 3 heteroatoms. The number of rotatable bonds is 4. The van der Waals surface area contributed by atoms with Crippen LogP contribution in [-0.4, -0.2) is 0 Å². The molecule has 0 radical (unpaired) electrons. The molecule has 310 valence electrons. The van der Waals surface area contributed by atoms with E-state index in [1.54, 1.807) is 0 Å². The largest absolute Gasteiger partial charge is 0.456 e. The number of benzene rings is 12. The lowest BCUT2D eigenvalue weighted by Gasteiger charge is -2.18. The lowest BCUT2D eigenvalue weighted by atomic mass is 9.84. The van der Waals surface area contributed by atoms with Gasteiger partial charge in [0.15, 0.2) is 0 Å². The predicted molar refractivity (Wildman–Crippen MR) is 286 cm³/mol. The van der Waals surface area contributed by atoms with Crippen molar-refractivity contribution < 1.29 is 8.83 Å². The Kier molecular flexibility index (Phi) is 7.69. The van der Waals surface area contributed by atoms with Crippen LogP contribution in [0, 0.1) is 0 Å². The zero-order valence-electron chi connectivity index (χ0n) is 36.0. The molecule has 0 saturated heterocycles. The van der Waals surface area contributed by atoms with Crippen molar-refractivity contribution in [3.8, 4) is 44.5 Å². The van der Waals surface area contributed by atoms with Gasteiger partial charge in [0, 0.05) is 41.7 Å². The topological polar surface area (TPSA) is 26.3 Å². The standard InChI is InChI=1S/C64H36O2S/c1-3-18-44-42(16-1)60(37-29-32-55-52(34-37)40-14-9-11-25-54(40)65-55)43-17-2-4-19-45(43)62(44)39-28-31-50-57(36-39)66-56-26-13-24-51(64(50)56)63-48-22-7-5-20-46(48)61(47-21-6-8-23-49(47)63)38-30-33-59-53(35-38)41-15-10-12-27-58(41)67-59/h1-36H. The molecule has 15 rings (SSSR count). The van der Waals surface area contributed by atoms with E-state index in [1.165, 1.54) is 102 Å². The van der Waals surface area contributed by atoms with Crippen molar-refractivity contribution in [2.24, 2.45) is 0 Å². The van der Waals surface area contributed by atoms with Crippen LogP contribution in [0.5, 0.6) is 0 Å². The van der Waals surface area contributed by atoms with E-state index in [2.05, 4.69) is 206 Å². The molecule has 0 aliphatic heterocycles. The van der Waals surface area contributed by atoms with E-state index in [0.717, 1.165) is 49.4 Å². The van der Waals surface area contributed by atoms with E-state index >= 15 is 0 Å². The maximum atomic E-state index is 6.94. The molecule has 0 spiro atoms. The van der Waals surface area contributed by atoms with Crippen LogP contribution in [0.25, 0.3) is 152 Å². The van der Waals surface area contributed by atoms with Gasteiger partial charge in [-0.15, -0.1) is 11.3 Å². The SMILES string of the molecule is c1ccc2c(c1)oc1ccc(-c3c4ccccc4c(-c4ccc5c(c4)oc4cccc(-c6c7ccccc7c(-c7ccc8sc9ccccc9c8c7)c7ccccc67)c45)c4ccccc34)cc12. The van der Waals surface area contributed by atoms with Gasteiger partial charge < -0.3 is 8.83 Å². The smallest absolute Gasteiger partial charge is 0.136 e. The molecule has 3 aromatic heterocycles. The first-order valence-corrected chi connectivity index (χ1v) is 23.7. The van der Waals surface area contributed by atoms with Gasteiger partial charge in [-0.2, -0.15) is 0 Å². The number of para-hydroxylation sites is 1. The highest BCUT2D eigenvalue weighted by Crippen LogP contribution is 2.50. The number of fused-ring (bicyclic) bond motifs is 13. The van der Waals surface area contributed by atoms with Gasteiger partial charge in [0.25, 0.3) is 0 Å². The highest BCUT2D eigenvalue weighted by Gasteiger charge is 2.23. The summed E-state index contributed by atoms with van der Waals surface area (Å²) in [5.41, 5.74) is 13.2. The van der Waals surface area contributed by atoms with E-state index in [1.807, 2.05) is 23.5 Å². The van der Waals surface area contributed by atoms with E-state index < -0.39 is 0 Å². The van der Waals surface area contributed by atoms with E-state index in [9.17, 15) is 0 Å². The van der Waals surface area contributed by atoms with Crippen LogP contribution in [0.4, 0.5) is 0 Å². The second-order valence-corrected chi connectivity index (χ2v) is 18.9. The first-order valence-electron chi connectivity index (χ1n) is 22.9. The van der Waals surface area contributed by atoms with Gasteiger partial charge in [-0.3, -0.25) is 0 Å². The van der Waals surface area contributed by atoms with Gasteiger partial charge in [-0.05, 0) is 142 Å². The van der Waals surface area contributed by atoms with Crippen molar-refractivity contribution >= 4 is 118 Å². The summed E-state index contributed by atoms with van der Waals surface area (Å²) >= 11 is 1.86. The average Bonchev–Trinajstić information content (AvgIpc) is 4.08. The van der Waals surface area contributed by atoms with Crippen LogP contribution in [0.1, 0.15) is 0 Å². The highest BCUT2D eigenvalue weighted by atomic mass is 32.1. The van der Waals surface area contributed by atoms with Crippen LogP contribution in [0.2, 0.25) is 0 Å². The molecule has 0 N–H and O–H groups in total. The van der Waals surface area contributed by atoms with Gasteiger partial charge in [0.1, 0.15) is 22.3 Å². The van der Waals surface area contributed by atoms with E-state index in [-0.39, 0.29) is 0 Å². The summed E-state index contributed by atoms with van der Waals surface area (Å²) in [5, 5.41) is 16.9. The molecule has 0 amide bonds. The van der Waals surface area contributed by atoms with Crippen LogP contribution in [-0.2, 0) is 0 Å². The molecule has 0 atom stereocenters. The Balaban J connectivity index is 0.936. The van der Waals surface area contributed by atoms with Crippen LogP contribution in [0.3, 0.4) is 0 Å². The van der Waals surface area contributed by atoms with Crippen molar-refractivity contribution in [2.45, 2.75) is 0 Å². The van der Waals surface area contributed by atoms with Gasteiger partial charge in [0.2, 0.25) is 0 Å². The number of thiophene rings is 1. The van der Waals surface area contributed by atoms with Crippen molar-refractivity contribution in [3.63, 3.8) is 0 Å². The molecule has 12 aromatic carbocycles. The van der Waals surface area contributed by atoms with Gasteiger partial charge >= 0.3 is 0 Å². The quantitative estimate of drug-likeness (QED) is 0.165. The molecule has 67 heavy (non-hydrogen) atoms. The second-order valence-electron chi connectivity index (χ2n) is 17.8. The molecule has 0 bridgehead atoms. The van der Waals surface area contributed by atoms with Crippen LogP contribution in [0.15, 0.2) is 227 Å². The van der Waals surface area contributed by atoms with E-state index in [0.29, 0.717) is 0 Å². The minimum Gasteiger partial charge on any atom is -0.456 e. The number of furan rings is 2. The summed E-state index contributed by atoms with van der Waals surface area (Å²) in [4.78, 5) is 0. The zero-order valence-corrected chi connectivity index (χ0v) is 36.8. The summed E-state index contributed by atoms with van der Waals surface area (Å²) < 4.78 is 15.8. The normalized spacial score (nSPS) is 12.2. The summed E-state index contributed by atoms with van der Waals surface area (Å²) in [5.74, 6) is 0. The summed E-state index contributed by atoms with van der Waals surface area (Å²) in [6.07, 6.45) is 0. The third-order valence-electron chi connectivity index (χ3n) is 14.2. The predicted octanol–water partition coefficient (Wildman–Crippen LogP) is 19.1. The maximum Gasteiger partial charge on any atom is 0.136 e. The average molecular weight is 869 g/mol. The van der Waals surface area contributed by atoms with E-state index in [4.69, 9.17) is 8.83 Å². The Hall–Kier alpha value is -8.50. The summed E-state index contributed by atoms with van der Waals surface area (Å²) in [6, 6.07) is 79.8. The van der Waals surface area contributed by atoms with Crippen molar-refractivity contribution in [2.75, 3.05) is 0 Å². The molecular formula is C64H36O2S. The zero-order chi connectivity index (χ0) is 43.7. The lowest BCUT2D eigenvalue weighted by Crippen LogP contribution is -1.91.